The molecule has 1 fully saturated rings. The fourth-order valence-electron chi connectivity index (χ4n) is 4.38. The Hall–Kier alpha value is -2.66. The summed E-state index contributed by atoms with van der Waals surface area (Å²) in [6, 6.07) is 3.50. The quantitative estimate of drug-likeness (QED) is 0.557. The van der Waals surface area contributed by atoms with Gasteiger partial charge in [0.05, 0.1) is 16.9 Å². The highest BCUT2D eigenvalue weighted by molar-refractivity contribution is 6.30. The number of halogens is 4. The van der Waals surface area contributed by atoms with Gasteiger partial charge in [-0.3, -0.25) is 13.9 Å². The molecule has 0 radical (unpaired) electrons. The number of carbonyl (C=O) groups excluding carboxylic acids is 1. The van der Waals surface area contributed by atoms with E-state index >= 15 is 0 Å². The number of imidazole rings is 1. The summed E-state index contributed by atoms with van der Waals surface area (Å²) in [4.78, 5) is 19.6. The normalized spacial score (nSPS) is 17.3. The Morgan fingerprint density at radius 1 is 1.21 bits per heavy atom. The highest BCUT2D eigenvalue weighted by Crippen LogP contribution is 2.40. The van der Waals surface area contributed by atoms with Crippen molar-refractivity contribution in [3.8, 4) is 0 Å². The number of pyridine rings is 1. The maximum Gasteiger partial charge on any atom is 0.423 e. The molecule has 1 aliphatic rings. The lowest BCUT2D eigenvalue weighted by atomic mass is 9.95. The average Bonchev–Trinajstić information content (AvgIpc) is 3.42. The third-order valence-electron chi connectivity index (χ3n) is 6.48. The Morgan fingerprint density at radius 2 is 1.91 bits per heavy atom. The second kappa shape index (κ2) is 9.18. The number of rotatable bonds is 6. The maximum atomic E-state index is 13.3. The number of aromatic nitrogens is 5. The average molecular weight is 499 g/mol. The number of piperidine rings is 1. The predicted octanol–water partition coefficient (Wildman–Crippen LogP) is 3.85. The minimum absolute atomic E-state index is 0.112. The topological polar surface area (TPSA) is 88.6 Å². The number of fused-ring (bicyclic) bond motifs is 1. The van der Waals surface area contributed by atoms with E-state index in [4.69, 9.17) is 11.6 Å². The van der Waals surface area contributed by atoms with Gasteiger partial charge in [0, 0.05) is 25.8 Å². The highest BCUT2D eigenvalue weighted by Gasteiger charge is 2.55. The molecule has 0 spiro atoms. The van der Waals surface area contributed by atoms with Gasteiger partial charge in [0.15, 0.2) is 0 Å². The molecule has 0 saturated carbocycles. The molecule has 4 rings (SSSR count). The molecule has 0 aromatic carbocycles. The van der Waals surface area contributed by atoms with E-state index in [0.29, 0.717) is 61.0 Å². The number of hydrogen-bond acceptors (Lipinski definition) is 5. The SMILES string of the molecule is CCc1nc2ccc(Cl)cn2c1C(=O)N1CCC(Cn2cc(C(O)(CC)C(F)(F)F)nn2)CC1. The molecular weight excluding hydrogens is 473 g/mol. The molecule has 0 bridgehead atoms. The number of likely N-dealkylation sites (tertiary alicyclic amines) is 1. The van der Waals surface area contributed by atoms with Gasteiger partial charge in [-0.15, -0.1) is 5.10 Å². The minimum Gasteiger partial charge on any atom is -0.375 e. The molecule has 4 heterocycles. The lowest BCUT2D eigenvalue weighted by Crippen LogP contribution is -2.42. The Kier molecular flexibility index (Phi) is 6.61. The van der Waals surface area contributed by atoms with E-state index in [0.717, 1.165) is 6.20 Å². The summed E-state index contributed by atoms with van der Waals surface area (Å²) in [6.45, 7) is 4.56. The van der Waals surface area contributed by atoms with Gasteiger partial charge >= 0.3 is 6.18 Å². The first-order valence-electron chi connectivity index (χ1n) is 11.2. The van der Waals surface area contributed by atoms with Crippen LogP contribution in [-0.4, -0.2) is 59.6 Å². The van der Waals surface area contributed by atoms with Gasteiger partial charge in [-0.2, -0.15) is 13.2 Å². The molecule has 1 atom stereocenters. The van der Waals surface area contributed by atoms with Gasteiger partial charge in [0.25, 0.3) is 5.91 Å². The monoisotopic (exact) mass is 498 g/mol. The summed E-state index contributed by atoms with van der Waals surface area (Å²) in [5.41, 5.74) is -1.65. The summed E-state index contributed by atoms with van der Waals surface area (Å²) >= 11 is 6.13. The molecule has 1 aliphatic heterocycles. The molecule has 34 heavy (non-hydrogen) atoms. The van der Waals surface area contributed by atoms with Crippen LogP contribution in [0.4, 0.5) is 13.2 Å². The Balaban J connectivity index is 1.43. The van der Waals surface area contributed by atoms with Crippen molar-refractivity contribution < 1.29 is 23.1 Å². The van der Waals surface area contributed by atoms with Crippen molar-refractivity contribution in [2.75, 3.05) is 13.1 Å². The molecule has 1 amide bonds. The van der Waals surface area contributed by atoms with Gasteiger partial charge in [-0.1, -0.05) is 30.7 Å². The van der Waals surface area contributed by atoms with E-state index < -0.39 is 23.9 Å². The summed E-state index contributed by atoms with van der Waals surface area (Å²) in [5, 5.41) is 18.0. The zero-order valence-electron chi connectivity index (χ0n) is 18.9. The van der Waals surface area contributed by atoms with E-state index in [2.05, 4.69) is 15.3 Å². The van der Waals surface area contributed by atoms with Gasteiger partial charge < -0.3 is 10.0 Å². The highest BCUT2D eigenvalue weighted by atomic mass is 35.5. The van der Waals surface area contributed by atoms with Crippen molar-refractivity contribution in [1.82, 2.24) is 29.3 Å². The van der Waals surface area contributed by atoms with Crippen LogP contribution >= 0.6 is 11.6 Å². The zero-order valence-corrected chi connectivity index (χ0v) is 19.6. The Labute approximate surface area is 199 Å². The summed E-state index contributed by atoms with van der Waals surface area (Å²) in [5.74, 6) is -0.00669. The molecule has 3 aromatic heterocycles. The fourth-order valence-corrected chi connectivity index (χ4v) is 4.54. The van der Waals surface area contributed by atoms with Crippen molar-refractivity contribution in [2.24, 2.45) is 5.92 Å². The number of amides is 1. The Morgan fingerprint density at radius 3 is 2.53 bits per heavy atom. The molecule has 8 nitrogen and oxygen atoms in total. The third-order valence-corrected chi connectivity index (χ3v) is 6.71. The molecule has 0 aliphatic carbocycles. The van der Waals surface area contributed by atoms with Crippen LogP contribution in [0.15, 0.2) is 24.5 Å². The van der Waals surface area contributed by atoms with Crippen molar-refractivity contribution in [1.29, 1.82) is 0 Å². The smallest absolute Gasteiger partial charge is 0.375 e. The van der Waals surface area contributed by atoms with Crippen LogP contribution in [0.3, 0.4) is 0 Å². The first kappa shape index (κ1) is 24.5. The fraction of sp³-hybridized carbons (Fsp3) is 0.545. The Bertz CT molecular complexity index is 1190. The molecule has 1 saturated heterocycles. The standard InChI is InChI=1S/C22H26ClF3N6O2/c1-3-16-19(32-12-15(23)5-6-18(32)27-16)20(33)30-9-7-14(8-10-30)11-31-13-17(28-29-31)21(34,4-2)22(24,25)26/h5-6,12-14,34H,3-4,7-11H2,1-2H3. The zero-order chi connectivity index (χ0) is 24.7. The number of hydrogen-bond donors (Lipinski definition) is 1. The van der Waals surface area contributed by atoms with Crippen LogP contribution in [0, 0.1) is 5.92 Å². The number of nitrogens with zero attached hydrogens (tertiary/aromatic N) is 6. The molecule has 1 unspecified atom stereocenters. The molecule has 184 valence electrons. The summed E-state index contributed by atoms with van der Waals surface area (Å²) in [7, 11) is 0. The van der Waals surface area contributed by atoms with E-state index in [9.17, 15) is 23.1 Å². The van der Waals surface area contributed by atoms with Crippen LogP contribution in [-0.2, 0) is 18.6 Å². The second-order valence-electron chi connectivity index (χ2n) is 8.61. The number of alkyl halides is 3. The number of aryl methyl sites for hydroxylation is 1. The van der Waals surface area contributed by atoms with E-state index in [1.807, 2.05) is 6.92 Å². The minimum atomic E-state index is -4.84. The van der Waals surface area contributed by atoms with Gasteiger partial charge in [-0.25, -0.2) is 4.98 Å². The number of aliphatic hydroxyl groups is 1. The van der Waals surface area contributed by atoms with Crippen molar-refractivity contribution in [3.05, 3.63) is 46.6 Å². The molecule has 12 heteroatoms. The largest absolute Gasteiger partial charge is 0.423 e. The van der Waals surface area contributed by atoms with Gasteiger partial charge in [0.1, 0.15) is 17.0 Å². The van der Waals surface area contributed by atoms with Crippen LogP contribution in [0.2, 0.25) is 5.02 Å². The number of carbonyl (C=O) groups is 1. The summed E-state index contributed by atoms with van der Waals surface area (Å²) in [6.07, 6.45) is -0.618. The predicted molar refractivity (Wildman–Crippen MR) is 118 cm³/mol. The van der Waals surface area contributed by atoms with Crippen molar-refractivity contribution >= 4 is 23.2 Å². The maximum absolute atomic E-state index is 13.3. The van der Waals surface area contributed by atoms with Crippen LogP contribution < -0.4 is 0 Å². The lowest BCUT2D eigenvalue weighted by Gasteiger charge is -2.32. The third kappa shape index (κ3) is 4.38. The van der Waals surface area contributed by atoms with E-state index in [-0.39, 0.29) is 11.8 Å². The van der Waals surface area contributed by atoms with E-state index in [1.54, 1.807) is 27.6 Å². The molecule has 3 aromatic rings. The van der Waals surface area contributed by atoms with Crippen molar-refractivity contribution in [2.45, 2.75) is 57.9 Å². The first-order valence-corrected chi connectivity index (χ1v) is 11.6. The van der Waals surface area contributed by atoms with Crippen LogP contribution in [0.1, 0.15) is 55.0 Å². The summed E-state index contributed by atoms with van der Waals surface area (Å²) < 4.78 is 42.9. The molecule has 1 N–H and O–H groups in total. The first-order chi connectivity index (χ1) is 16.1. The van der Waals surface area contributed by atoms with E-state index in [1.165, 1.54) is 11.6 Å². The van der Waals surface area contributed by atoms with Gasteiger partial charge in [-0.05, 0) is 43.7 Å². The molecular formula is C22H26ClF3N6O2. The lowest BCUT2D eigenvalue weighted by molar-refractivity contribution is -0.269. The second-order valence-corrected chi connectivity index (χ2v) is 9.05. The van der Waals surface area contributed by atoms with Crippen molar-refractivity contribution in [3.63, 3.8) is 0 Å². The van der Waals surface area contributed by atoms with Crippen LogP contribution in [0.5, 0.6) is 0 Å². The van der Waals surface area contributed by atoms with Gasteiger partial charge in [0.2, 0.25) is 5.60 Å². The van der Waals surface area contributed by atoms with Crippen LogP contribution in [0.25, 0.3) is 5.65 Å².